The van der Waals surface area contributed by atoms with E-state index in [4.69, 9.17) is 4.43 Å². The van der Waals surface area contributed by atoms with E-state index in [1.54, 1.807) is 0 Å². The first-order chi connectivity index (χ1) is 6.81. The zero-order valence-electron chi connectivity index (χ0n) is 9.94. The lowest BCUT2D eigenvalue weighted by Crippen LogP contribution is -2.16. The Bertz CT molecular complexity index is 148. The van der Waals surface area contributed by atoms with Crippen LogP contribution in [-0.2, 0) is 4.43 Å². The maximum atomic E-state index is 5.39. The summed E-state index contributed by atoms with van der Waals surface area (Å²) in [6.07, 6.45) is 4.71. The minimum Gasteiger partial charge on any atom is -0.424 e. The normalized spacial score (nSPS) is 12.9. The molecule has 0 saturated heterocycles. The van der Waals surface area contributed by atoms with Crippen LogP contribution in [0, 0.1) is 0 Å². The highest BCUT2D eigenvalue weighted by Gasteiger charge is 1.89. The SMILES string of the molecule is CCO[SiH2]CCCNCC=C(C)CC. The van der Waals surface area contributed by atoms with Gasteiger partial charge in [0.05, 0.1) is 0 Å². The Labute approximate surface area is 91.1 Å². The van der Waals surface area contributed by atoms with Crippen LogP contribution in [0.2, 0.25) is 6.04 Å². The molecule has 84 valence electrons. The molecule has 0 saturated carbocycles. The molecule has 0 aromatic rings. The summed E-state index contributed by atoms with van der Waals surface area (Å²) in [7, 11) is -0.198. The molecule has 0 aliphatic carbocycles. The predicted octanol–water partition coefficient (Wildman–Crippen LogP) is 1.86. The van der Waals surface area contributed by atoms with Gasteiger partial charge in [0.2, 0.25) is 0 Å². The topological polar surface area (TPSA) is 21.3 Å². The van der Waals surface area contributed by atoms with Crippen LogP contribution in [0.25, 0.3) is 0 Å². The molecule has 0 heterocycles. The van der Waals surface area contributed by atoms with E-state index >= 15 is 0 Å². The Kier molecular flexibility index (Phi) is 10.9. The van der Waals surface area contributed by atoms with Gasteiger partial charge in [-0.15, -0.1) is 0 Å². The molecule has 14 heavy (non-hydrogen) atoms. The van der Waals surface area contributed by atoms with E-state index < -0.39 is 0 Å². The van der Waals surface area contributed by atoms with Crippen molar-refractivity contribution < 1.29 is 4.43 Å². The van der Waals surface area contributed by atoms with Gasteiger partial charge in [-0.05, 0) is 39.3 Å². The van der Waals surface area contributed by atoms with Crippen LogP contribution >= 0.6 is 0 Å². The van der Waals surface area contributed by atoms with Crippen molar-refractivity contribution in [3.63, 3.8) is 0 Å². The van der Waals surface area contributed by atoms with Crippen LogP contribution in [0.15, 0.2) is 11.6 Å². The van der Waals surface area contributed by atoms with Crippen molar-refractivity contribution in [3.8, 4) is 0 Å². The number of rotatable bonds is 9. The minimum atomic E-state index is -0.198. The van der Waals surface area contributed by atoms with Crippen LogP contribution in [0.3, 0.4) is 0 Å². The highest BCUT2D eigenvalue weighted by atomic mass is 28.2. The standard InChI is InChI=1S/C11H25NOSi/c1-4-11(3)7-9-12-8-6-10-14-13-5-2/h7,12H,4-6,8-10,14H2,1-3H3. The van der Waals surface area contributed by atoms with Gasteiger partial charge in [-0.2, -0.15) is 0 Å². The van der Waals surface area contributed by atoms with Crippen molar-refractivity contribution in [2.24, 2.45) is 0 Å². The van der Waals surface area contributed by atoms with Gasteiger partial charge in [0.15, 0.2) is 9.76 Å². The van der Waals surface area contributed by atoms with Crippen molar-refractivity contribution in [2.75, 3.05) is 19.7 Å². The zero-order valence-corrected chi connectivity index (χ0v) is 11.3. The van der Waals surface area contributed by atoms with Crippen molar-refractivity contribution in [1.29, 1.82) is 0 Å². The first-order valence-corrected chi connectivity index (χ1v) is 7.33. The van der Waals surface area contributed by atoms with Crippen LogP contribution in [0.4, 0.5) is 0 Å². The fourth-order valence-electron chi connectivity index (χ4n) is 1.09. The van der Waals surface area contributed by atoms with Gasteiger partial charge in [0, 0.05) is 13.2 Å². The molecule has 3 heteroatoms. The second-order valence-electron chi connectivity index (χ2n) is 3.51. The lowest BCUT2D eigenvalue weighted by atomic mass is 10.2. The first kappa shape index (κ1) is 13.9. The summed E-state index contributed by atoms with van der Waals surface area (Å²) in [5.41, 5.74) is 1.47. The highest BCUT2D eigenvalue weighted by molar-refractivity contribution is 6.26. The smallest absolute Gasteiger partial charge is 0.161 e. The van der Waals surface area contributed by atoms with Crippen molar-refractivity contribution in [2.45, 2.75) is 39.7 Å². The van der Waals surface area contributed by atoms with Gasteiger partial charge in [-0.25, -0.2) is 0 Å². The Morgan fingerprint density at radius 1 is 1.43 bits per heavy atom. The fourth-order valence-corrected chi connectivity index (χ4v) is 2.04. The number of allylic oxidation sites excluding steroid dienone is 1. The molecule has 0 fully saturated rings. The Hall–Kier alpha value is -0.123. The molecule has 0 amide bonds. The molecule has 0 unspecified atom stereocenters. The summed E-state index contributed by atoms with van der Waals surface area (Å²) < 4.78 is 5.39. The molecular weight excluding hydrogens is 190 g/mol. The molecule has 0 spiro atoms. The summed E-state index contributed by atoms with van der Waals surface area (Å²) in [6, 6.07) is 1.30. The summed E-state index contributed by atoms with van der Waals surface area (Å²) in [6.45, 7) is 9.51. The van der Waals surface area contributed by atoms with Gasteiger partial charge in [-0.3, -0.25) is 0 Å². The van der Waals surface area contributed by atoms with Crippen molar-refractivity contribution in [3.05, 3.63) is 11.6 Å². The highest BCUT2D eigenvalue weighted by Crippen LogP contribution is 1.95. The molecule has 1 N–H and O–H groups in total. The Morgan fingerprint density at radius 3 is 2.86 bits per heavy atom. The number of hydrogen-bond acceptors (Lipinski definition) is 2. The van der Waals surface area contributed by atoms with Crippen LogP contribution < -0.4 is 5.32 Å². The second-order valence-corrected chi connectivity index (χ2v) is 5.04. The van der Waals surface area contributed by atoms with Crippen LogP contribution in [0.1, 0.15) is 33.6 Å². The maximum absolute atomic E-state index is 5.39. The van der Waals surface area contributed by atoms with Gasteiger partial charge >= 0.3 is 0 Å². The molecule has 0 rings (SSSR count). The summed E-state index contributed by atoms with van der Waals surface area (Å²) >= 11 is 0. The van der Waals surface area contributed by atoms with Gasteiger partial charge in [0.25, 0.3) is 0 Å². The van der Waals surface area contributed by atoms with Crippen molar-refractivity contribution >= 4 is 9.76 Å². The largest absolute Gasteiger partial charge is 0.424 e. The maximum Gasteiger partial charge on any atom is 0.161 e. The molecule has 0 atom stereocenters. The molecule has 0 aromatic carbocycles. The molecule has 0 aliphatic heterocycles. The Balaban J connectivity index is 3.06. The average Bonchev–Trinajstić information content (AvgIpc) is 2.21. The molecule has 0 bridgehead atoms. The van der Waals surface area contributed by atoms with Gasteiger partial charge in [0.1, 0.15) is 0 Å². The first-order valence-electron chi connectivity index (χ1n) is 5.75. The van der Waals surface area contributed by atoms with E-state index in [1.807, 2.05) is 0 Å². The summed E-state index contributed by atoms with van der Waals surface area (Å²) in [5.74, 6) is 0. The second kappa shape index (κ2) is 11.0. The minimum absolute atomic E-state index is 0.198. The molecule has 0 radical (unpaired) electrons. The number of hydrogen-bond donors (Lipinski definition) is 1. The van der Waals surface area contributed by atoms with E-state index in [1.165, 1.54) is 24.5 Å². The van der Waals surface area contributed by atoms with E-state index in [-0.39, 0.29) is 9.76 Å². The van der Waals surface area contributed by atoms with E-state index in [0.717, 1.165) is 19.7 Å². The van der Waals surface area contributed by atoms with E-state index in [2.05, 4.69) is 32.2 Å². The predicted molar refractivity (Wildman–Crippen MR) is 66.5 cm³/mol. The molecule has 2 nitrogen and oxygen atoms in total. The van der Waals surface area contributed by atoms with Crippen LogP contribution in [-0.4, -0.2) is 29.5 Å². The lowest BCUT2D eigenvalue weighted by molar-refractivity contribution is 0.359. The Morgan fingerprint density at radius 2 is 2.21 bits per heavy atom. The quantitative estimate of drug-likeness (QED) is 0.360. The van der Waals surface area contributed by atoms with E-state index in [0.29, 0.717) is 0 Å². The third kappa shape index (κ3) is 9.96. The molecule has 0 aliphatic rings. The van der Waals surface area contributed by atoms with E-state index in [9.17, 15) is 0 Å². The summed E-state index contributed by atoms with van der Waals surface area (Å²) in [4.78, 5) is 0. The summed E-state index contributed by atoms with van der Waals surface area (Å²) in [5, 5.41) is 3.42. The third-order valence-corrected chi connectivity index (χ3v) is 3.73. The van der Waals surface area contributed by atoms with Gasteiger partial charge in [-0.1, -0.05) is 18.6 Å². The monoisotopic (exact) mass is 215 g/mol. The van der Waals surface area contributed by atoms with Crippen molar-refractivity contribution in [1.82, 2.24) is 5.32 Å². The third-order valence-electron chi connectivity index (χ3n) is 2.25. The number of nitrogens with one attached hydrogen (secondary N) is 1. The average molecular weight is 215 g/mol. The fraction of sp³-hybridized carbons (Fsp3) is 0.818. The molecular formula is C11H25NOSi. The zero-order chi connectivity index (χ0) is 10.6. The van der Waals surface area contributed by atoms with Crippen LogP contribution in [0.5, 0.6) is 0 Å². The molecule has 0 aromatic heterocycles. The van der Waals surface area contributed by atoms with Gasteiger partial charge < -0.3 is 9.74 Å². The lowest BCUT2D eigenvalue weighted by Gasteiger charge is -2.02.